The van der Waals surface area contributed by atoms with Crippen molar-refractivity contribution in [2.75, 3.05) is 31.5 Å². The van der Waals surface area contributed by atoms with Gasteiger partial charge in [0.25, 0.3) is 5.91 Å². The second kappa shape index (κ2) is 12.0. The number of anilines is 1. The van der Waals surface area contributed by atoms with Crippen LogP contribution in [0.5, 0.6) is 11.6 Å². The standard InChI is InChI=1S/C29H28ClF3N6O2/c1-18(2)39-11-9-38(10-12-39)16-20-3-4-21(14-24(20)29(31,32)33)37-28(40)27-23-6-5-22(13-19(23)7-8-34-27)41-26-15-25(30)35-17-36-26/h3-8,13-15,17-18H,9-12,16H2,1-2H3,(H,37,40). The van der Waals surface area contributed by atoms with Crippen LogP contribution in [-0.2, 0) is 12.7 Å². The Labute approximate surface area is 240 Å². The molecule has 0 atom stereocenters. The highest BCUT2D eigenvalue weighted by molar-refractivity contribution is 6.29. The molecule has 0 unspecified atom stereocenters. The lowest BCUT2D eigenvalue weighted by atomic mass is 10.0. The number of fused-ring (bicyclic) bond motifs is 1. The van der Waals surface area contributed by atoms with Gasteiger partial charge in [-0.3, -0.25) is 19.6 Å². The van der Waals surface area contributed by atoms with Crippen molar-refractivity contribution < 1.29 is 22.7 Å². The lowest BCUT2D eigenvalue weighted by Gasteiger charge is -2.37. The van der Waals surface area contributed by atoms with E-state index in [-0.39, 0.29) is 34.5 Å². The van der Waals surface area contributed by atoms with Gasteiger partial charge in [0.05, 0.1) is 5.56 Å². The van der Waals surface area contributed by atoms with E-state index >= 15 is 0 Å². The van der Waals surface area contributed by atoms with Gasteiger partial charge in [-0.05, 0) is 61.2 Å². The molecule has 2 aromatic carbocycles. The SMILES string of the molecule is CC(C)N1CCN(Cc2ccc(NC(=O)c3nccc4cc(Oc5cc(Cl)ncn5)ccc34)cc2C(F)(F)F)CC1. The van der Waals surface area contributed by atoms with E-state index < -0.39 is 17.6 Å². The maximum absolute atomic E-state index is 14.1. The Bertz CT molecular complexity index is 1560. The fourth-order valence-electron chi connectivity index (χ4n) is 4.82. The predicted octanol–water partition coefficient (Wildman–Crippen LogP) is 6.27. The third-order valence-corrected chi connectivity index (χ3v) is 7.19. The molecule has 2 aromatic heterocycles. The number of hydrogen-bond donors (Lipinski definition) is 1. The summed E-state index contributed by atoms with van der Waals surface area (Å²) in [4.78, 5) is 29.5. The molecule has 0 bridgehead atoms. The molecular weight excluding hydrogens is 557 g/mol. The van der Waals surface area contributed by atoms with Gasteiger partial charge < -0.3 is 10.1 Å². The molecule has 12 heteroatoms. The molecule has 214 valence electrons. The fraction of sp³-hybridized carbons (Fsp3) is 0.310. The first kappa shape index (κ1) is 28.7. The highest BCUT2D eigenvalue weighted by Gasteiger charge is 2.34. The van der Waals surface area contributed by atoms with Crippen molar-refractivity contribution in [1.82, 2.24) is 24.8 Å². The minimum atomic E-state index is -4.57. The first-order chi connectivity index (χ1) is 19.6. The molecule has 41 heavy (non-hydrogen) atoms. The molecule has 0 aliphatic carbocycles. The monoisotopic (exact) mass is 584 g/mol. The fourth-order valence-corrected chi connectivity index (χ4v) is 4.96. The number of aromatic nitrogens is 3. The number of rotatable bonds is 7. The minimum Gasteiger partial charge on any atom is -0.439 e. The van der Waals surface area contributed by atoms with E-state index in [2.05, 4.69) is 39.0 Å². The molecule has 1 fully saturated rings. The number of carbonyl (C=O) groups is 1. The summed E-state index contributed by atoms with van der Waals surface area (Å²) in [6.45, 7) is 7.43. The van der Waals surface area contributed by atoms with Crippen LogP contribution in [-0.4, -0.2) is 62.9 Å². The van der Waals surface area contributed by atoms with Crippen molar-refractivity contribution in [2.24, 2.45) is 0 Å². The van der Waals surface area contributed by atoms with Gasteiger partial charge in [0.1, 0.15) is 22.9 Å². The van der Waals surface area contributed by atoms with Gasteiger partial charge >= 0.3 is 6.18 Å². The molecule has 0 saturated carbocycles. The number of pyridine rings is 1. The number of hydrogen-bond acceptors (Lipinski definition) is 7. The summed E-state index contributed by atoms with van der Waals surface area (Å²) < 4.78 is 47.9. The van der Waals surface area contributed by atoms with Crippen molar-refractivity contribution in [3.63, 3.8) is 0 Å². The number of halogens is 4. The van der Waals surface area contributed by atoms with Crippen molar-refractivity contribution in [1.29, 1.82) is 0 Å². The molecule has 3 heterocycles. The van der Waals surface area contributed by atoms with Gasteiger partial charge in [0.15, 0.2) is 0 Å². The highest BCUT2D eigenvalue weighted by Crippen LogP contribution is 2.35. The van der Waals surface area contributed by atoms with Crippen LogP contribution < -0.4 is 10.1 Å². The Morgan fingerprint density at radius 3 is 2.51 bits per heavy atom. The van der Waals surface area contributed by atoms with Crippen LogP contribution in [0.25, 0.3) is 10.8 Å². The van der Waals surface area contributed by atoms with E-state index in [1.54, 1.807) is 24.3 Å². The lowest BCUT2D eigenvalue weighted by molar-refractivity contribution is -0.138. The van der Waals surface area contributed by atoms with Crippen LogP contribution in [0.3, 0.4) is 0 Å². The molecule has 1 aliphatic rings. The van der Waals surface area contributed by atoms with Crippen LogP contribution in [0.15, 0.2) is 61.1 Å². The second-order valence-electron chi connectivity index (χ2n) is 10.1. The van der Waals surface area contributed by atoms with E-state index in [1.165, 1.54) is 30.7 Å². The zero-order valence-corrected chi connectivity index (χ0v) is 23.2. The average molecular weight is 585 g/mol. The Morgan fingerprint density at radius 2 is 1.80 bits per heavy atom. The van der Waals surface area contributed by atoms with Crippen molar-refractivity contribution in [3.8, 4) is 11.6 Å². The quantitative estimate of drug-likeness (QED) is 0.256. The number of nitrogens with zero attached hydrogens (tertiary/aromatic N) is 5. The van der Waals surface area contributed by atoms with Crippen LogP contribution in [0, 0.1) is 0 Å². The number of piperazine rings is 1. The maximum atomic E-state index is 14.1. The van der Waals surface area contributed by atoms with Crippen LogP contribution >= 0.6 is 11.6 Å². The van der Waals surface area contributed by atoms with E-state index in [4.69, 9.17) is 16.3 Å². The van der Waals surface area contributed by atoms with Crippen molar-refractivity contribution in [2.45, 2.75) is 32.6 Å². The smallest absolute Gasteiger partial charge is 0.416 e. The molecule has 5 rings (SSSR count). The normalized spacial score (nSPS) is 14.9. The molecule has 8 nitrogen and oxygen atoms in total. The molecule has 1 N–H and O–H groups in total. The number of ether oxygens (including phenoxy) is 1. The van der Waals surface area contributed by atoms with Gasteiger partial charge in [-0.25, -0.2) is 9.97 Å². The maximum Gasteiger partial charge on any atom is 0.416 e. The van der Waals surface area contributed by atoms with Crippen LogP contribution in [0.1, 0.15) is 35.5 Å². The molecule has 1 aliphatic heterocycles. The average Bonchev–Trinajstić information content (AvgIpc) is 2.93. The number of carbonyl (C=O) groups excluding carboxylic acids is 1. The van der Waals surface area contributed by atoms with Gasteiger partial charge in [-0.1, -0.05) is 17.7 Å². The number of nitrogens with one attached hydrogen (secondary N) is 1. The number of alkyl halides is 3. The highest BCUT2D eigenvalue weighted by atomic mass is 35.5. The van der Waals surface area contributed by atoms with Gasteiger partial charge in [0.2, 0.25) is 5.88 Å². The molecule has 0 radical (unpaired) electrons. The number of benzene rings is 2. The Hall–Kier alpha value is -3.80. The Balaban J connectivity index is 1.33. The molecule has 4 aromatic rings. The summed E-state index contributed by atoms with van der Waals surface area (Å²) in [7, 11) is 0. The van der Waals surface area contributed by atoms with Crippen molar-refractivity contribution in [3.05, 3.63) is 83.0 Å². The third kappa shape index (κ3) is 6.92. The zero-order valence-electron chi connectivity index (χ0n) is 22.5. The van der Waals surface area contributed by atoms with E-state index in [0.29, 0.717) is 35.7 Å². The first-order valence-electron chi connectivity index (χ1n) is 13.1. The van der Waals surface area contributed by atoms with Gasteiger partial charge in [-0.15, -0.1) is 0 Å². The predicted molar refractivity (Wildman–Crippen MR) is 150 cm³/mol. The van der Waals surface area contributed by atoms with Gasteiger partial charge in [0, 0.05) is 62.1 Å². The van der Waals surface area contributed by atoms with Crippen molar-refractivity contribution >= 4 is 34.0 Å². The summed E-state index contributed by atoms with van der Waals surface area (Å²) in [5.41, 5.74) is -0.483. The lowest BCUT2D eigenvalue weighted by Crippen LogP contribution is -2.48. The molecular formula is C29H28ClF3N6O2. The topological polar surface area (TPSA) is 83.5 Å². The zero-order chi connectivity index (χ0) is 29.1. The van der Waals surface area contributed by atoms with Crippen LogP contribution in [0.4, 0.5) is 18.9 Å². The summed E-state index contributed by atoms with van der Waals surface area (Å²) in [6.07, 6.45) is -1.85. The van der Waals surface area contributed by atoms with E-state index in [9.17, 15) is 18.0 Å². The van der Waals surface area contributed by atoms with Crippen LogP contribution in [0.2, 0.25) is 5.15 Å². The van der Waals surface area contributed by atoms with Gasteiger partial charge in [-0.2, -0.15) is 13.2 Å². The molecule has 1 saturated heterocycles. The third-order valence-electron chi connectivity index (χ3n) is 6.99. The summed E-state index contributed by atoms with van der Waals surface area (Å²) in [5.74, 6) is 0.0662. The Morgan fingerprint density at radius 1 is 1.02 bits per heavy atom. The Kier molecular flexibility index (Phi) is 8.39. The molecule has 0 spiro atoms. The number of amides is 1. The second-order valence-corrected chi connectivity index (χ2v) is 10.4. The first-order valence-corrected chi connectivity index (χ1v) is 13.5. The minimum absolute atomic E-state index is 0.0371. The molecule has 1 amide bonds. The summed E-state index contributed by atoms with van der Waals surface area (Å²) in [6, 6.07) is 12.5. The summed E-state index contributed by atoms with van der Waals surface area (Å²) in [5, 5.41) is 3.97. The largest absolute Gasteiger partial charge is 0.439 e. The van der Waals surface area contributed by atoms with E-state index in [0.717, 1.165) is 19.2 Å². The summed E-state index contributed by atoms with van der Waals surface area (Å²) >= 11 is 5.88. The van der Waals surface area contributed by atoms with E-state index in [1.807, 2.05) is 4.90 Å².